The topological polar surface area (TPSA) is 34.2 Å². The van der Waals surface area contributed by atoms with Gasteiger partial charge in [-0.15, -0.1) is 0 Å². The van der Waals surface area contributed by atoms with E-state index in [0.29, 0.717) is 19.3 Å². The minimum absolute atomic E-state index is 0.209. The van der Waals surface area contributed by atoms with Gasteiger partial charge < -0.3 is 10.1 Å². The molecule has 20 heavy (non-hydrogen) atoms. The fraction of sp³-hybridized carbons (Fsp3) is 0.400. The lowest BCUT2D eigenvalue weighted by Gasteiger charge is -2.22. The molecular formula is C15H14FIN2O. The Bertz CT molecular complexity index is 700. The molecular weight excluding hydrogens is 370 g/mol. The minimum Gasteiger partial charge on any atom is -0.381 e. The maximum absolute atomic E-state index is 13.8. The first-order chi connectivity index (χ1) is 9.72. The van der Waals surface area contributed by atoms with Gasteiger partial charge in [-0.3, -0.25) is 4.98 Å². The molecule has 1 N–H and O–H groups in total. The maximum atomic E-state index is 13.8. The van der Waals surface area contributed by atoms with Crippen molar-refractivity contribution in [3.05, 3.63) is 32.8 Å². The van der Waals surface area contributed by atoms with E-state index in [1.807, 2.05) is 0 Å². The van der Waals surface area contributed by atoms with Crippen LogP contribution in [0.4, 0.5) is 10.1 Å². The number of ether oxygens (including phenoxy) is 1. The maximum Gasteiger partial charge on any atom is 0.125 e. The summed E-state index contributed by atoms with van der Waals surface area (Å²) < 4.78 is 20.2. The number of hydrogen-bond acceptors (Lipinski definition) is 3. The molecule has 0 saturated heterocycles. The monoisotopic (exact) mass is 384 g/mol. The molecule has 2 heterocycles. The Morgan fingerprint density at radius 3 is 3.00 bits per heavy atom. The van der Waals surface area contributed by atoms with Crippen LogP contribution >= 0.6 is 22.6 Å². The number of pyridine rings is 1. The van der Waals surface area contributed by atoms with Crippen molar-refractivity contribution < 1.29 is 9.13 Å². The van der Waals surface area contributed by atoms with Gasteiger partial charge in [0.25, 0.3) is 0 Å². The van der Waals surface area contributed by atoms with E-state index in [1.165, 1.54) is 12.8 Å². The van der Waals surface area contributed by atoms with E-state index in [4.69, 9.17) is 9.72 Å². The molecule has 0 bridgehead atoms. The number of halogens is 2. The lowest BCUT2D eigenvalue weighted by atomic mass is 10.0. The zero-order valence-corrected chi connectivity index (χ0v) is 13.0. The Labute approximate surface area is 130 Å². The molecule has 0 unspecified atom stereocenters. The zero-order chi connectivity index (χ0) is 13.7. The van der Waals surface area contributed by atoms with Crippen LogP contribution in [0.1, 0.15) is 24.1 Å². The van der Waals surface area contributed by atoms with E-state index in [2.05, 4.69) is 27.9 Å². The van der Waals surface area contributed by atoms with Crippen molar-refractivity contribution >= 4 is 39.2 Å². The van der Waals surface area contributed by atoms with Gasteiger partial charge in [0.2, 0.25) is 0 Å². The second-order valence-electron chi connectivity index (χ2n) is 5.42. The van der Waals surface area contributed by atoms with Gasteiger partial charge in [-0.2, -0.15) is 0 Å². The number of aromatic nitrogens is 1. The van der Waals surface area contributed by atoms with Crippen molar-refractivity contribution in [2.45, 2.75) is 31.9 Å². The molecule has 0 amide bonds. The lowest BCUT2D eigenvalue weighted by Crippen LogP contribution is -2.16. The van der Waals surface area contributed by atoms with Crippen molar-refractivity contribution in [1.29, 1.82) is 0 Å². The van der Waals surface area contributed by atoms with Gasteiger partial charge in [-0.25, -0.2) is 4.39 Å². The summed E-state index contributed by atoms with van der Waals surface area (Å²) in [4.78, 5) is 4.75. The molecule has 1 aliphatic carbocycles. The second kappa shape index (κ2) is 4.80. The average molecular weight is 384 g/mol. The van der Waals surface area contributed by atoms with Gasteiger partial charge in [-0.1, -0.05) is 0 Å². The lowest BCUT2D eigenvalue weighted by molar-refractivity contribution is 0.110. The number of hydrogen-bond donors (Lipinski definition) is 1. The Kier molecular flexibility index (Phi) is 3.07. The van der Waals surface area contributed by atoms with E-state index < -0.39 is 0 Å². The molecule has 2 aromatic rings. The number of nitrogens with zero attached hydrogens (tertiary/aromatic N) is 1. The van der Waals surface area contributed by atoms with Crippen molar-refractivity contribution in [3.8, 4) is 0 Å². The average Bonchev–Trinajstić information content (AvgIpc) is 3.24. The quantitative estimate of drug-likeness (QED) is 0.804. The third kappa shape index (κ3) is 2.16. The molecule has 5 heteroatoms. The summed E-state index contributed by atoms with van der Waals surface area (Å²) in [5, 5.41) is 4.43. The van der Waals surface area contributed by atoms with Gasteiger partial charge in [0.1, 0.15) is 5.82 Å². The van der Waals surface area contributed by atoms with E-state index >= 15 is 0 Å². The smallest absolute Gasteiger partial charge is 0.125 e. The van der Waals surface area contributed by atoms with Crippen LogP contribution in [0.15, 0.2) is 12.1 Å². The summed E-state index contributed by atoms with van der Waals surface area (Å²) in [6.07, 6.45) is 3.20. The summed E-state index contributed by atoms with van der Waals surface area (Å²) in [6.45, 7) is 1.28. The third-order valence-electron chi connectivity index (χ3n) is 3.85. The number of anilines is 1. The highest BCUT2D eigenvalue weighted by Crippen LogP contribution is 2.37. The Morgan fingerprint density at radius 1 is 1.35 bits per heavy atom. The summed E-state index contributed by atoms with van der Waals surface area (Å²) in [5.74, 6) is -0.209. The summed E-state index contributed by atoms with van der Waals surface area (Å²) in [7, 11) is 0. The van der Waals surface area contributed by atoms with Crippen molar-refractivity contribution in [2.24, 2.45) is 0 Å². The molecule has 3 nitrogen and oxygen atoms in total. The highest BCUT2D eigenvalue weighted by atomic mass is 127. The normalized spacial score (nSPS) is 18.1. The predicted molar refractivity (Wildman–Crippen MR) is 84.4 cm³/mol. The van der Waals surface area contributed by atoms with Gasteiger partial charge in [0, 0.05) is 27.0 Å². The highest BCUT2D eigenvalue weighted by Gasteiger charge is 2.26. The fourth-order valence-corrected chi connectivity index (χ4v) is 3.39. The van der Waals surface area contributed by atoms with Crippen LogP contribution in [0.2, 0.25) is 0 Å². The van der Waals surface area contributed by atoms with Gasteiger partial charge in [-0.05, 0) is 47.6 Å². The predicted octanol–water partition coefficient (Wildman–Crippen LogP) is 3.63. The second-order valence-corrected chi connectivity index (χ2v) is 6.58. The highest BCUT2D eigenvalue weighted by molar-refractivity contribution is 14.1. The van der Waals surface area contributed by atoms with E-state index in [-0.39, 0.29) is 5.82 Å². The van der Waals surface area contributed by atoms with Crippen LogP contribution in [0.5, 0.6) is 0 Å². The standard InChI is InChI=1S/C15H14FIN2O/c16-8-5-10-14(18-9-1-2-9)11-7-20-4-3-13(11)19-15(10)12(17)6-8/h5-6,9H,1-4,7H2,(H,18,19). The van der Waals surface area contributed by atoms with E-state index in [0.717, 1.165) is 37.8 Å². The van der Waals surface area contributed by atoms with Crippen LogP contribution < -0.4 is 5.32 Å². The van der Waals surface area contributed by atoms with E-state index in [1.54, 1.807) is 12.1 Å². The molecule has 0 radical (unpaired) electrons. The Hall–Kier alpha value is -0.950. The summed E-state index contributed by atoms with van der Waals surface area (Å²) in [5.41, 5.74) is 4.13. The number of rotatable bonds is 2. The Morgan fingerprint density at radius 2 is 2.20 bits per heavy atom. The third-order valence-corrected chi connectivity index (χ3v) is 4.67. The molecule has 1 aromatic heterocycles. The summed E-state index contributed by atoms with van der Waals surface area (Å²) in [6, 6.07) is 3.65. The number of benzene rings is 1. The molecule has 0 spiro atoms. The van der Waals surface area contributed by atoms with Gasteiger partial charge in [0.15, 0.2) is 0 Å². The van der Waals surface area contributed by atoms with Crippen molar-refractivity contribution in [3.63, 3.8) is 0 Å². The van der Waals surface area contributed by atoms with Crippen LogP contribution in [-0.4, -0.2) is 17.6 Å². The SMILES string of the molecule is Fc1cc(I)c2nc3c(c(NC4CC4)c2c1)COCC3. The van der Waals surface area contributed by atoms with E-state index in [9.17, 15) is 4.39 Å². The van der Waals surface area contributed by atoms with Gasteiger partial charge >= 0.3 is 0 Å². The Balaban J connectivity index is 2.01. The largest absolute Gasteiger partial charge is 0.381 e. The molecule has 1 fully saturated rings. The first-order valence-electron chi connectivity index (χ1n) is 6.87. The zero-order valence-electron chi connectivity index (χ0n) is 10.9. The number of fused-ring (bicyclic) bond motifs is 2. The van der Waals surface area contributed by atoms with Gasteiger partial charge in [0.05, 0.1) is 30.1 Å². The molecule has 1 saturated carbocycles. The molecule has 1 aliphatic heterocycles. The van der Waals surface area contributed by atoms with Crippen LogP contribution in [0.25, 0.3) is 10.9 Å². The molecule has 4 rings (SSSR count). The molecule has 0 atom stereocenters. The molecule has 1 aromatic carbocycles. The first-order valence-corrected chi connectivity index (χ1v) is 7.95. The minimum atomic E-state index is -0.209. The van der Waals surface area contributed by atoms with Crippen LogP contribution in [0.3, 0.4) is 0 Å². The van der Waals surface area contributed by atoms with Crippen LogP contribution in [-0.2, 0) is 17.8 Å². The number of nitrogens with one attached hydrogen (secondary N) is 1. The molecule has 2 aliphatic rings. The summed E-state index contributed by atoms with van der Waals surface area (Å²) >= 11 is 2.16. The fourth-order valence-electron chi connectivity index (χ4n) is 2.68. The van der Waals surface area contributed by atoms with Crippen molar-refractivity contribution in [2.75, 3.05) is 11.9 Å². The van der Waals surface area contributed by atoms with Crippen molar-refractivity contribution in [1.82, 2.24) is 4.98 Å². The molecule has 104 valence electrons. The van der Waals surface area contributed by atoms with Crippen LogP contribution in [0, 0.1) is 9.39 Å². The first kappa shape index (κ1) is 12.8.